The fourth-order valence-corrected chi connectivity index (χ4v) is 0.817. The molecule has 0 rings (SSSR count). The van der Waals surface area contributed by atoms with Gasteiger partial charge in [-0.3, -0.25) is 0 Å². The first-order valence-corrected chi connectivity index (χ1v) is 3.81. The fraction of sp³-hybridized carbons (Fsp3) is 1.00. The number of unbranched alkanes of at least 4 members (excludes halogenated alkanes) is 3. The minimum absolute atomic E-state index is 1.09. The second-order valence-electron chi connectivity index (χ2n) is 1.99. The molecule has 0 amide bonds. The van der Waals surface area contributed by atoms with Crippen LogP contribution >= 0.6 is 0 Å². The Morgan fingerprint density at radius 3 is 2.50 bits per heavy atom. The lowest BCUT2D eigenvalue weighted by molar-refractivity contribution is 0.660. The van der Waals surface area contributed by atoms with Gasteiger partial charge < -0.3 is 4.98 Å². The van der Waals surface area contributed by atoms with Crippen LogP contribution in [0.15, 0.2) is 0 Å². The lowest BCUT2D eigenvalue weighted by Crippen LogP contribution is -2.09. The van der Waals surface area contributed by atoms with Gasteiger partial charge in [-0.25, -0.2) is 0 Å². The zero-order valence-corrected chi connectivity index (χ0v) is 6.54. The highest BCUT2D eigenvalue weighted by atomic mass is 28.2. The highest BCUT2D eigenvalue weighted by Crippen LogP contribution is 1.96. The molecule has 1 N–H and O–H groups in total. The highest BCUT2D eigenvalue weighted by Gasteiger charge is 1.82. The van der Waals surface area contributed by atoms with Crippen LogP contribution in [0.4, 0.5) is 0 Å². The van der Waals surface area contributed by atoms with Crippen molar-refractivity contribution in [2.45, 2.75) is 32.6 Å². The molecule has 0 saturated heterocycles. The normalized spacial score (nSPS) is 9.75. The maximum absolute atomic E-state index is 3.19. The zero-order chi connectivity index (χ0) is 6.24. The van der Waals surface area contributed by atoms with Crippen LogP contribution in [-0.2, 0) is 0 Å². The van der Waals surface area contributed by atoms with Gasteiger partial charge in [-0.1, -0.05) is 26.2 Å². The van der Waals surface area contributed by atoms with Crippen molar-refractivity contribution >= 4 is 10.4 Å². The first kappa shape index (κ1) is 8.18. The van der Waals surface area contributed by atoms with E-state index in [1.165, 1.54) is 25.7 Å². The number of rotatable bonds is 5. The molecule has 0 aliphatic carbocycles. The van der Waals surface area contributed by atoms with Gasteiger partial charge in [0.25, 0.3) is 0 Å². The molecule has 8 heavy (non-hydrogen) atoms. The first-order valence-electron chi connectivity index (χ1n) is 3.31. The van der Waals surface area contributed by atoms with Crippen molar-refractivity contribution in [2.75, 3.05) is 6.54 Å². The molecule has 0 aromatic rings. The van der Waals surface area contributed by atoms with E-state index in [1.807, 2.05) is 0 Å². The molecule has 0 unspecified atom stereocenters. The molecule has 0 aromatic heterocycles. The lowest BCUT2D eigenvalue weighted by atomic mass is 10.2. The Morgan fingerprint density at radius 2 is 2.00 bits per heavy atom. The summed E-state index contributed by atoms with van der Waals surface area (Å²) in [5.74, 6) is 0. The van der Waals surface area contributed by atoms with Crippen molar-refractivity contribution < 1.29 is 0 Å². The van der Waals surface area contributed by atoms with Crippen molar-refractivity contribution in [2.24, 2.45) is 0 Å². The van der Waals surface area contributed by atoms with Crippen LogP contribution < -0.4 is 4.98 Å². The van der Waals surface area contributed by atoms with Gasteiger partial charge in [0.2, 0.25) is 0 Å². The van der Waals surface area contributed by atoms with Crippen LogP contribution in [0, 0.1) is 0 Å². The molecule has 0 aliphatic rings. The Balaban J connectivity index is 2.53. The summed E-state index contributed by atoms with van der Waals surface area (Å²) in [5, 5.41) is 0. The number of nitrogens with one attached hydrogen (secondary N) is 1. The van der Waals surface area contributed by atoms with E-state index in [0.717, 1.165) is 6.54 Å². The van der Waals surface area contributed by atoms with Gasteiger partial charge in [0.05, 0.1) is 0 Å². The average molecular weight is 128 g/mol. The molecule has 2 heteroatoms. The predicted octanol–water partition coefficient (Wildman–Crippen LogP) is 1.24. The lowest BCUT2D eigenvalue weighted by Gasteiger charge is -1.95. The molecule has 0 atom stereocenters. The van der Waals surface area contributed by atoms with Crippen LogP contribution in [0.3, 0.4) is 0 Å². The average Bonchev–Trinajstić information content (AvgIpc) is 1.81. The maximum atomic E-state index is 3.19. The van der Waals surface area contributed by atoms with Gasteiger partial charge >= 0.3 is 0 Å². The first-order chi connectivity index (χ1) is 3.91. The Bertz CT molecular complexity index is 33.5. The molecule has 0 aliphatic heterocycles. The Hall–Kier alpha value is 0.177. The van der Waals surface area contributed by atoms with Gasteiger partial charge in [0.15, 0.2) is 0 Å². The maximum Gasteiger partial charge on any atom is 0.140 e. The van der Waals surface area contributed by atoms with Gasteiger partial charge in [-0.2, -0.15) is 0 Å². The van der Waals surface area contributed by atoms with Gasteiger partial charge in [0.1, 0.15) is 10.4 Å². The van der Waals surface area contributed by atoms with Crippen LogP contribution in [0.25, 0.3) is 0 Å². The Labute approximate surface area is 55.4 Å². The monoisotopic (exact) mass is 128 g/mol. The summed E-state index contributed by atoms with van der Waals surface area (Å²) in [6.07, 6.45) is 5.33. The van der Waals surface area contributed by atoms with Crippen LogP contribution in [0.5, 0.6) is 0 Å². The Morgan fingerprint density at radius 1 is 1.25 bits per heavy atom. The minimum atomic E-state index is 1.09. The highest BCUT2D eigenvalue weighted by molar-refractivity contribution is 6.04. The summed E-state index contributed by atoms with van der Waals surface area (Å²) >= 11 is 0. The van der Waals surface area contributed by atoms with Crippen molar-refractivity contribution in [3.05, 3.63) is 0 Å². The third-order valence-electron chi connectivity index (χ3n) is 1.16. The molecule has 0 spiro atoms. The van der Waals surface area contributed by atoms with E-state index in [9.17, 15) is 0 Å². The van der Waals surface area contributed by atoms with Gasteiger partial charge in [-0.15, -0.1) is 0 Å². The summed E-state index contributed by atoms with van der Waals surface area (Å²) in [6, 6.07) is 0. The molecule has 3 radical (unpaired) electrons. The van der Waals surface area contributed by atoms with E-state index >= 15 is 0 Å². The van der Waals surface area contributed by atoms with E-state index in [2.05, 4.69) is 22.3 Å². The molecule has 1 nitrogen and oxygen atoms in total. The quantitative estimate of drug-likeness (QED) is 0.434. The third-order valence-corrected chi connectivity index (χ3v) is 1.41. The van der Waals surface area contributed by atoms with E-state index in [1.54, 1.807) is 0 Å². The molecule has 0 saturated carbocycles. The summed E-state index contributed by atoms with van der Waals surface area (Å²) in [6.45, 7) is 3.32. The van der Waals surface area contributed by atoms with Crippen molar-refractivity contribution in [3.63, 3.8) is 0 Å². The predicted molar refractivity (Wildman–Crippen MR) is 37.9 cm³/mol. The number of hydrogen-bond acceptors (Lipinski definition) is 1. The molecule has 47 valence electrons. The Kier molecular flexibility index (Phi) is 7.34. The standard InChI is InChI=1S/C6H14NSi/c1-2-3-4-5-6-7-8/h7H,2-6H2,1H3. The molecular weight excluding hydrogens is 114 g/mol. The van der Waals surface area contributed by atoms with E-state index in [-0.39, 0.29) is 0 Å². The molecule has 0 heterocycles. The fourth-order valence-electron chi connectivity index (χ4n) is 0.640. The van der Waals surface area contributed by atoms with Crippen molar-refractivity contribution in [1.82, 2.24) is 4.98 Å². The molecule has 0 aromatic carbocycles. The second kappa shape index (κ2) is 7.18. The van der Waals surface area contributed by atoms with Crippen LogP contribution in [-0.4, -0.2) is 16.9 Å². The molecule has 0 fully saturated rings. The molecule has 0 bridgehead atoms. The summed E-state index contributed by atoms with van der Waals surface area (Å²) in [4.78, 5) is 2.93. The van der Waals surface area contributed by atoms with Gasteiger partial charge in [-0.05, 0) is 13.0 Å². The molecular formula is C6H14NSi. The van der Waals surface area contributed by atoms with Crippen LogP contribution in [0.1, 0.15) is 32.6 Å². The SMILES string of the molecule is CCCCCCN[Si]. The second-order valence-corrected chi connectivity index (χ2v) is 2.34. The van der Waals surface area contributed by atoms with Crippen LogP contribution in [0.2, 0.25) is 0 Å². The van der Waals surface area contributed by atoms with E-state index < -0.39 is 0 Å². The minimum Gasteiger partial charge on any atom is -0.341 e. The number of hydrogen-bond donors (Lipinski definition) is 1. The topological polar surface area (TPSA) is 12.0 Å². The van der Waals surface area contributed by atoms with Crippen molar-refractivity contribution in [1.29, 1.82) is 0 Å². The summed E-state index contributed by atoms with van der Waals surface area (Å²) < 4.78 is 0. The smallest absolute Gasteiger partial charge is 0.140 e. The largest absolute Gasteiger partial charge is 0.341 e. The third kappa shape index (κ3) is 6.18. The van der Waals surface area contributed by atoms with E-state index in [0.29, 0.717) is 0 Å². The van der Waals surface area contributed by atoms with Gasteiger partial charge in [0, 0.05) is 0 Å². The van der Waals surface area contributed by atoms with E-state index in [4.69, 9.17) is 0 Å². The summed E-state index contributed by atoms with van der Waals surface area (Å²) in [7, 11) is 3.19. The van der Waals surface area contributed by atoms with Crippen molar-refractivity contribution in [3.8, 4) is 0 Å². The summed E-state index contributed by atoms with van der Waals surface area (Å²) in [5.41, 5.74) is 0. The zero-order valence-electron chi connectivity index (χ0n) is 5.54.